The number of hydrogen-bond donors (Lipinski definition) is 3. The Bertz CT molecular complexity index is 1020. The largest absolute Gasteiger partial charge is 0.489 e. The van der Waals surface area contributed by atoms with Crippen molar-refractivity contribution in [3.8, 4) is 5.75 Å². The van der Waals surface area contributed by atoms with Crippen molar-refractivity contribution in [3.63, 3.8) is 0 Å². The van der Waals surface area contributed by atoms with Gasteiger partial charge in [-0.1, -0.05) is 15.9 Å². The number of halogens is 1. The van der Waals surface area contributed by atoms with Gasteiger partial charge in [-0.2, -0.15) is 0 Å². The molecule has 0 saturated carbocycles. The lowest BCUT2D eigenvalue weighted by Crippen LogP contribution is -2.34. The molecule has 3 heterocycles. The minimum absolute atomic E-state index is 0.203. The van der Waals surface area contributed by atoms with Crippen LogP contribution in [0.25, 0.3) is 10.9 Å². The van der Waals surface area contributed by atoms with Gasteiger partial charge in [0.05, 0.1) is 16.8 Å². The summed E-state index contributed by atoms with van der Waals surface area (Å²) in [5.41, 5.74) is 3.04. The van der Waals surface area contributed by atoms with Crippen LogP contribution in [0.5, 0.6) is 5.75 Å². The number of aromatic nitrogens is 2. The predicted molar refractivity (Wildman–Crippen MR) is 118 cm³/mol. The quantitative estimate of drug-likeness (QED) is 0.522. The molecule has 0 bridgehead atoms. The van der Waals surface area contributed by atoms with Crippen molar-refractivity contribution >= 4 is 55.8 Å². The summed E-state index contributed by atoms with van der Waals surface area (Å²) in [7, 11) is 0. The molecule has 2 aliphatic heterocycles. The number of anilines is 3. The summed E-state index contributed by atoms with van der Waals surface area (Å²) < 4.78 is 7.35. The van der Waals surface area contributed by atoms with Gasteiger partial charge in [-0.15, -0.1) is 11.8 Å². The SMILES string of the molecule is Brc1cc(OC2CCNCC2)c2c(Nc3ccc4c(c3)SCN4)ncnc2c1. The molecule has 2 aliphatic rings. The maximum Gasteiger partial charge on any atom is 0.145 e. The van der Waals surface area contributed by atoms with Crippen molar-refractivity contribution in [2.45, 2.75) is 23.8 Å². The molecular weight excluding hydrogens is 438 g/mol. The minimum Gasteiger partial charge on any atom is -0.489 e. The van der Waals surface area contributed by atoms with Gasteiger partial charge in [-0.25, -0.2) is 9.97 Å². The summed E-state index contributed by atoms with van der Waals surface area (Å²) in [5, 5.41) is 11.1. The van der Waals surface area contributed by atoms with E-state index < -0.39 is 0 Å². The molecule has 0 atom stereocenters. The number of benzene rings is 2. The van der Waals surface area contributed by atoms with Crippen molar-refractivity contribution < 1.29 is 4.74 Å². The molecule has 1 aromatic heterocycles. The summed E-state index contributed by atoms with van der Waals surface area (Å²) in [4.78, 5) is 10.2. The second-order valence-corrected chi connectivity index (χ2v) is 8.82. The number of thioether (sulfide) groups is 1. The average Bonchev–Trinajstić information content (AvgIpc) is 3.16. The smallest absolute Gasteiger partial charge is 0.145 e. The van der Waals surface area contributed by atoms with E-state index in [9.17, 15) is 0 Å². The van der Waals surface area contributed by atoms with Gasteiger partial charge in [-0.05, 0) is 56.3 Å². The summed E-state index contributed by atoms with van der Waals surface area (Å²) in [6, 6.07) is 10.3. The molecule has 0 amide bonds. The highest BCUT2D eigenvalue weighted by atomic mass is 79.9. The van der Waals surface area contributed by atoms with Gasteiger partial charge in [0.15, 0.2) is 0 Å². The molecule has 1 saturated heterocycles. The number of nitrogens with zero attached hydrogens (tertiary/aromatic N) is 2. The normalized spacial score (nSPS) is 16.6. The molecule has 144 valence electrons. The Morgan fingerprint density at radius 2 is 2.04 bits per heavy atom. The molecule has 0 spiro atoms. The Morgan fingerprint density at radius 3 is 2.93 bits per heavy atom. The molecule has 1 fully saturated rings. The van der Waals surface area contributed by atoms with Crippen LogP contribution in [0.3, 0.4) is 0 Å². The van der Waals surface area contributed by atoms with Crippen molar-refractivity contribution in [3.05, 3.63) is 41.1 Å². The third-order valence-electron chi connectivity index (χ3n) is 4.98. The first-order valence-electron chi connectivity index (χ1n) is 9.36. The highest BCUT2D eigenvalue weighted by molar-refractivity contribution is 9.10. The van der Waals surface area contributed by atoms with E-state index in [4.69, 9.17) is 4.74 Å². The van der Waals surface area contributed by atoms with E-state index in [2.05, 4.69) is 60.0 Å². The minimum atomic E-state index is 0.203. The Labute approximate surface area is 176 Å². The van der Waals surface area contributed by atoms with Gasteiger partial charge in [0.1, 0.15) is 24.0 Å². The molecule has 0 aliphatic carbocycles. The number of hydrogen-bond acceptors (Lipinski definition) is 7. The van der Waals surface area contributed by atoms with Crippen LogP contribution >= 0.6 is 27.7 Å². The van der Waals surface area contributed by atoms with Crippen LogP contribution in [0, 0.1) is 0 Å². The van der Waals surface area contributed by atoms with Crippen LogP contribution in [0.15, 0.2) is 46.0 Å². The number of rotatable bonds is 4. The fourth-order valence-electron chi connectivity index (χ4n) is 3.60. The molecular formula is C20H20BrN5OS. The molecule has 3 N–H and O–H groups in total. The first-order valence-corrected chi connectivity index (χ1v) is 11.1. The van der Waals surface area contributed by atoms with E-state index in [0.29, 0.717) is 0 Å². The molecule has 5 rings (SSSR count). The van der Waals surface area contributed by atoms with E-state index in [0.717, 1.165) is 64.4 Å². The van der Waals surface area contributed by atoms with Crippen LogP contribution in [-0.4, -0.2) is 35.0 Å². The molecule has 6 nitrogen and oxygen atoms in total. The van der Waals surface area contributed by atoms with E-state index in [1.165, 1.54) is 10.6 Å². The van der Waals surface area contributed by atoms with Crippen LogP contribution in [0.4, 0.5) is 17.2 Å². The van der Waals surface area contributed by atoms with Gasteiger partial charge < -0.3 is 20.7 Å². The highest BCUT2D eigenvalue weighted by Gasteiger charge is 2.19. The number of nitrogens with one attached hydrogen (secondary N) is 3. The Balaban J connectivity index is 1.53. The molecule has 28 heavy (non-hydrogen) atoms. The second-order valence-electron chi connectivity index (χ2n) is 6.89. The standard InChI is InChI=1S/C20H20BrN5OS/c21-12-7-16-19(17(8-12)27-14-3-5-22-6-4-14)20(24-10-23-16)26-13-1-2-15-18(9-13)28-11-25-15/h1-2,7-10,14,22,25H,3-6,11H2,(H,23,24,26). The van der Waals surface area contributed by atoms with Crippen LogP contribution in [0.2, 0.25) is 0 Å². The topological polar surface area (TPSA) is 71.1 Å². The number of piperidine rings is 1. The summed E-state index contributed by atoms with van der Waals surface area (Å²) in [6.07, 6.45) is 3.79. The van der Waals surface area contributed by atoms with Crippen molar-refractivity contribution in [2.24, 2.45) is 0 Å². The van der Waals surface area contributed by atoms with Crippen LogP contribution in [-0.2, 0) is 0 Å². The number of fused-ring (bicyclic) bond motifs is 2. The molecule has 2 aromatic carbocycles. The maximum atomic E-state index is 6.40. The fraction of sp³-hybridized carbons (Fsp3) is 0.300. The van der Waals surface area contributed by atoms with Gasteiger partial charge in [0.2, 0.25) is 0 Å². The Hall–Kier alpha value is -2.03. The first kappa shape index (κ1) is 18.0. The second kappa shape index (κ2) is 7.77. The zero-order valence-electron chi connectivity index (χ0n) is 15.2. The van der Waals surface area contributed by atoms with Crippen LogP contribution < -0.4 is 20.7 Å². The van der Waals surface area contributed by atoms with Crippen LogP contribution in [0.1, 0.15) is 12.8 Å². The first-order chi connectivity index (χ1) is 13.8. The van der Waals surface area contributed by atoms with Crippen molar-refractivity contribution in [1.82, 2.24) is 15.3 Å². The van der Waals surface area contributed by atoms with E-state index >= 15 is 0 Å². The average molecular weight is 458 g/mol. The van der Waals surface area contributed by atoms with E-state index in [-0.39, 0.29) is 6.10 Å². The third-order valence-corrected chi connectivity index (χ3v) is 6.38. The third kappa shape index (κ3) is 3.64. The molecule has 8 heteroatoms. The lowest BCUT2D eigenvalue weighted by Gasteiger charge is -2.25. The monoisotopic (exact) mass is 457 g/mol. The maximum absolute atomic E-state index is 6.40. The Kier molecular flexibility index (Phi) is 5.00. The molecule has 3 aromatic rings. The molecule has 0 unspecified atom stereocenters. The zero-order valence-corrected chi connectivity index (χ0v) is 17.6. The summed E-state index contributed by atoms with van der Waals surface area (Å²) in [5.74, 6) is 2.49. The summed E-state index contributed by atoms with van der Waals surface area (Å²) >= 11 is 5.39. The van der Waals surface area contributed by atoms with Gasteiger partial charge >= 0.3 is 0 Å². The summed E-state index contributed by atoms with van der Waals surface area (Å²) in [6.45, 7) is 1.97. The lowest BCUT2D eigenvalue weighted by molar-refractivity contribution is 0.164. The van der Waals surface area contributed by atoms with Crippen molar-refractivity contribution in [2.75, 3.05) is 29.6 Å². The van der Waals surface area contributed by atoms with E-state index in [1.807, 2.05) is 12.1 Å². The highest BCUT2D eigenvalue weighted by Crippen LogP contribution is 2.38. The van der Waals surface area contributed by atoms with Gasteiger partial charge in [0.25, 0.3) is 0 Å². The number of ether oxygens (including phenoxy) is 1. The van der Waals surface area contributed by atoms with Gasteiger partial charge in [0, 0.05) is 20.7 Å². The zero-order chi connectivity index (χ0) is 18.9. The molecule has 0 radical (unpaired) electrons. The van der Waals surface area contributed by atoms with E-state index in [1.54, 1.807) is 18.1 Å². The van der Waals surface area contributed by atoms with Gasteiger partial charge in [-0.3, -0.25) is 0 Å². The predicted octanol–water partition coefficient (Wildman–Crippen LogP) is 4.74. The fourth-order valence-corrected chi connectivity index (χ4v) is 4.91. The lowest BCUT2D eigenvalue weighted by atomic mass is 10.1. The van der Waals surface area contributed by atoms with Crippen molar-refractivity contribution in [1.29, 1.82) is 0 Å². The Morgan fingerprint density at radius 1 is 1.14 bits per heavy atom.